The van der Waals surface area contributed by atoms with E-state index < -0.39 is 21.2 Å². The van der Waals surface area contributed by atoms with Crippen molar-refractivity contribution in [3.05, 3.63) is 138 Å². The molecule has 0 spiro atoms. The van der Waals surface area contributed by atoms with Crippen LogP contribution in [0.5, 0.6) is 0 Å². The number of hydrogen-bond acceptors (Lipinski definition) is 12. The lowest BCUT2D eigenvalue weighted by molar-refractivity contribution is 0.0283. The van der Waals surface area contributed by atoms with Gasteiger partial charge < -0.3 is 34.9 Å². The molecule has 3 aromatic carbocycles. The van der Waals surface area contributed by atoms with E-state index in [1.54, 1.807) is 46.2 Å². The fourth-order valence-electron chi connectivity index (χ4n) is 7.70. The van der Waals surface area contributed by atoms with Crippen molar-refractivity contribution in [3.63, 3.8) is 0 Å². The largest absolute Gasteiger partial charge is 0.444 e. The average molecular weight is 947 g/mol. The summed E-state index contributed by atoms with van der Waals surface area (Å²) in [6.07, 6.45) is 3.73. The van der Waals surface area contributed by atoms with Crippen LogP contribution in [0.25, 0.3) is 22.1 Å². The molecule has 354 valence electrons. The average Bonchev–Trinajstić information content (AvgIpc) is 4.15. The third-order valence-corrected chi connectivity index (χ3v) is 12.6. The number of carbonyl (C=O) groups is 2. The monoisotopic (exact) mass is 946 g/mol. The Morgan fingerprint density at radius 3 is 1.67 bits per heavy atom. The minimum Gasteiger partial charge on any atom is -0.444 e. The number of aromatic amines is 1. The van der Waals surface area contributed by atoms with E-state index in [0.717, 1.165) is 40.1 Å². The van der Waals surface area contributed by atoms with Gasteiger partial charge in [0, 0.05) is 49.4 Å². The predicted octanol–water partition coefficient (Wildman–Crippen LogP) is 8.27. The number of benzene rings is 3. The Morgan fingerprint density at radius 2 is 1.13 bits per heavy atom. The van der Waals surface area contributed by atoms with E-state index in [1.807, 2.05) is 108 Å². The molecule has 4 aromatic heterocycles. The van der Waals surface area contributed by atoms with E-state index in [9.17, 15) is 18.0 Å². The standard InChI is InChI=1S/C29H29N5O4S.C23H25N5O2/c1-29(2,3)38-28(35)33-17-16-22(19-33)32-26-25-18-23(15-14-21-10-6-4-7-11-21)34(27(25)31-20-30-26)39(36,37)24-12-8-5-9-13-24;1-23(2,3)30-22(29)28-12-11-18(14-28)27-21-19-13-17(26-20(19)24-15-25-21)10-9-16-7-5-4-6-8-16/h4-13,18,20,22H,16-17,19H2,1-3H3,(H,30,31,32);4-8,13,15,18H,11-12,14H2,1-3H3,(H2,24,25,26,27)/t22-;18-/m11/s1. The van der Waals surface area contributed by atoms with Crippen LogP contribution in [-0.2, 0) is 19.5 Å². The van der Waals surface area contributed by atoms with Gasteiger partial charge in [-0.15, -0.1) is 0 Å². The van der Waals surface area contributed by atoms with Crippen molar-refractivity contribution in [3.8, 4) is 23.7 Å². The SMILES string of the molecule is CC(C)(C)OC(=O)N1CC[C@@H](Nc2ncnc3[nH]c(C#Cc4ccccc4)cc23)C1.CC(C)(C)OC(=O)N1CC[C@@H](Nc2ncnc3c2cc(C#Cc2ccccc2)n3S(=O)(=O)c2ccccc2)C1. The lowest BCUT2D eigenvalue weighted by atomic mass is 10.2. The molecule has 2 atom stereocenters. The smallest absolute Gasteiger partial charge is 0.410 e. The number of carbonyl (C=O) groups excluding carboxylic acids is 2. The predicted molar refractivity (Wildman–Crippen MR) is 265 cm³/mol. The Hall–Kier alpha value is -7.89. The first-order valence-corrected chi connectivity index (χ1v) is 24.1. The summed E-state index contributed by atoms with van der Waals surface area (Å²) in [6.45, 7) is 13.3. The maximum atomic E-state index is 13.8. The topological polar surface area (TPSA) is 190 Å². The summed E-state index contributed by atoms with van der Waals surface area (Å²) in [5.41, 5.74) is 2.62. The highest BCUT2D eigenvalue weighted by Crippen LogP contribution is 2.30. The molecule has 0 saturated carbocycles. The molecule has 69 heavy (non-hydrogen) atoms. The third kappa shape index (κ3) is 12.0. The second kappa shape index (κ2) is 20.1. The zero-order valence-corrected chi connectivity index (χ0v) is 40.2. The number of hydrogen-bond donors (Lipinski definition) is 3. The number of rotatable bonds is 6. The van der Waals surface area contributed by atoms with Crippen LogP contribution >= 0.6 is 0 Å². The fraction of sp³-hybridized carbons (Fsp3) is 0.308. The maximum absolute atomic E-state index is 13.8. The number of likely N-dealkylation sites (tertiary alicyclic amines) is 2. The number of H-pyrrole nitrogens is 1. The number of nitrogens with one attached hydrogen (secondary N) is 3. The van der Waals surface area contributed by atoms with Crippen LogP contribution in [0.1, 0.15) is 76.9 Å². The summed E-state index contributed by atoms with van der Waals surface area (Å²) in [5.74, 6) is 13.6. The quantitative estimate of drug-likeness (QED) is 0.136. The van der Waals surface area contributed by atoms with Crippen molar-refractivity contribution in [1.82, 2.24) is 38.7 Å². The van der Waals surface area contributed by atoms with Crippen molar-refractivity contribution < 1.29 is 27.5 Å². The highest BCUT2D eigenvalue weighted by atomic mass is 32.2. The van der Waals surface area contributed by atoms with Gasteiger partial charge in [0.15, 0.2) is 5.65 Å². The first-order chi connectivity index (χ1) is 33.0. The van der Waals surface area contributed by atoms with Gasteiger partial charge >= 0.3 is 12.2 Å². The van der Waals surface area contributed by atoms with Gasteiger partial charge in [0.2, 0.25) is 0 Å². The lowest BCUT2D eigenvalue weighted by Gasteiger charge is -2.24. The molecule has 7 aromatic rings. The molecule has 0 unspecified atom stereocenters. The number of fused-ring (bicyclic) bond motifs is 2. The van der Waals surface area contributed by atoms with Crippen LogP contribution < -0.4 is 10.6 Å². The lowest BCUT2D eigenvalue weighted by Crippen LogP contribution is -2.36. The van der Waals surface area contributed by atoms with Crippen LogP contribution in [0.2, 0.25) is 0 Å². The van der Waals surface area contributed by atoms with Gasteiger partial charge in [0.05, 0.1) is 21.4 Å². The first-order valence-electron chi connectivity index (χ1n) is 22.6. The maximum Gasteiger partial charge on any atom is 0.410 e. The summed E-state index contributed by atoms with van der Waals surface area (Å²) in [7, 11) is -4.01. The van der Waals surface area contributed by atoms with Crippen molar-refractivity contribution in [1.29, 1.82) is 0 Å². The molecule has 9 rings (SSSR count). The normalized spacial score (nSPS) is 15.9. The Morgan fingerprint density at radius 1 is 0.638 bits per heavy atom. The highest BCUT2D eigenvalue weighted by Gasteiger charge is 2.32. The van der Waals surface area contributed by atoms with Crippen LogP contribution in [0.3, 0.4) is 0 Å². The minimum atomic E-state index is -4.01. The minimum absolute atomic E-state index is 0.0939. The number of aromatic nitrogens is 6. The zero-order valence-electron chi connectivity index (χ0n) is 39.4. The molecule has 6 heterocycles. The summed E-state index contributed by atoms with van der Waals surface area (Å²) < 4.78 is 39.7. The van der Waals surface area contributed by atoms with E-state index in [2.05, 4.69) is 59.2 Å². The zero-order chi connectivity index (χ0) is 48.8. The van der Waals surface area contributed by atoms with Crippen molar-refractivity contribution >= 4 is 55.9 Å². The van der Waals surface area contributed by atoms with E-state index >= 15 is 0 Å². The number of amides is 2. The Balaban J connectivity index is 0.000000192. The molecule has 0 aliphatic carbocycles. The number of nitrogens with zero attached hydrogens (tertiary/aromatic N) is 7. The van der Waals surface area contributed by atoms with Crippen LogP contribution in [0.4, 0.5) is 21.2 Å². The molecule has 2 aliphatic heterocycles. The van der Waals surface area contributed by atoms with E-state index in [1.165, 1.54) is 16.6 Å². The second-order valence-electron chi connectivity index (χ2n) is 18.6. The first kappa shape index (κ1) is 47.6. The van der Waals surface area contributed by atoms with Gasteiger partial charge in [0.1, 0.15) is 46.8 Å². The summed E-state index contributed by atoms with van der Waals surface area (Å²) in [5, 5.41) is 8.23. The Kier molecular flexibility index (Phi) is 13.9. The number of anilines is 2. The van der Waals surface area contributed by atoms with Crippen LogP contribution in [-0.4, -0.2) is 109 Å². The van der Waals surface area contributed by atoms with Gasteiger partial charge in [-0.2, -0.15) is 0 Å². The van der Waals surface area contributed by atoms with E-state index in [4.69, 9.17) is 9.47 Å². The second-order valence-corrected chi connectivity index (χ2v) is 20.4. The van der Waals surface area contributed by atoms with E-state index in [-0.39, 0.29) is 40.5 Å². The molecular weight excluding hydrogens is 893 g/mol. The van der Waals surface area contributed by atoms with Crippen molar-refractivity contribution in [2.45, 2.75) is 82.6 Å². The van der Waals surface area contributed by atoms with Gasteiger partial charge in [0.25, 0.3) is 10.0 Å². The molecule has 2 saturated heterocycles. The van der Waals surface area contributed by atoms with Crippen molar-refractivity contribution in [2.24, 2.45) is 0 Å². The number of ether oxygens (including phenoxy) is 2. The molecule has 16 nitrogen and oxygen atoms in total. The summed E-state index contributed by atoms with van der Waals surface area (Å²) >= 11 is 0. The molecule has 0 bridgehead atoms. The highest BCUT2D eigenvalue weighted by molar-refractivity contribution is 7.90. The van der Waals surface area contributed by atoms with E-state index in [0.29, 0.717) is 43.8 Å². The summed E-state index contributed by atoms with van der Waals surface area (Å²) in [6, 6.07) is 31.0. The summed E-state index contributed by atoms with van der Waals surface area (Å²) in [4.78, 5) is 49.0. The molecule has 0 radical (unpaired) electrons. The third-order valence-electron chi connectivity index (χ3n) is 10.8. The van der Waals surface area contributed by atoms with Gasteiger partial charge in [-0.3, -0.25) is 0 Å². The molecular formula is C52H54N10O6S. The molecule has 17 heteroatoms. The molecule has 2 fully saturated rings. The van der Waals surface area contributed by atoms with Gasteiger partial charge in [-0.1, -0.05) is 66.4 Å². The van der Waals surface area contributed by atoms with Crippen LogP contribution in [0.15, 0.2) is 121 Å². The molecule has 2 aliphatic rings. The molecule has 2 amide bonds. The van der Waals surface area contributed by atoms with Crippen LogP contribution in [0, 0.1) is 23.7 Å². The fourth-order valence-corrected chi connectivity index (χ4v) is 9.14. The van der Waals surface area contributed by atoms with Gasteiger partial charge in [-0.25, -0.2) is 41.9 Å². The van der Waals surface area contributed by atoms with Crippen molar-refractivity contribution in [2.75, 3.05) is 36.8 Å². The Bertz CT molecular complexity index is 3200. The van der Waals surface area contributed by atoms with Gasteiger partial charge in [-0.05, 0) is 115 Å². The molecule has 3 N–H and O–H groups in total. The Labute approximate surface area is 401 Å².